The van der Waals surface area contributed by atoms with Crippen LogP contribution in [-0.4, -0.2) is 44.8 Å². The molecule has 1 aliphatic rings. The van der Waals surface area contributed by atoms with Crippen molar-refractivity contribution < 1.29 is 9.53 Å². The zero-order valence-electron chi connectivity index (χ0n) is 15.9. The minimum Gasteiger partial charge on any atom is -0.372 e. The lowest BCUT2D eigenvalue weighted by atomic mass is 10.0. The number of likely N-dealkylation sites (tertiary alicyclic amines) is 1. The third-order valence-corrected chi connectivity index (χ3v) is 5.19. The van der Waals surface area contributed by atoms with Crippen molar-refractivity contribution in [2.45, 2.75) is 52.2 Å². The first-order valence-electron chi connectivity index (χ1n) is 9.32. The highest BCUT2D eigenvalue weighted by atomic mass is 16.5. The average Bonchev–Trinajstić information content (AvgIpc) is 2.91. The molecule has 0 unspecified atom stereocenters. The van der Waals surface area contributed by atoms with E-state index >= 15 is 0 Å². The van der Waals surface area contributed by atoms with Gasteiger partial charge < -0.3 is 9.64 Å². The third kappa shape index (κ3) is 4.49. The molecule has 6 heteroatoms. The standard InChI is InChI=1S/C20H28N4O2/c1-15-19(16(2)23(3)22-15)8-9-20(25)24-11-5-7-18(13-24)26-14-17-6-4-10-21-12-17/h4,6,10,12,18H,5,7-9,11,13-14H2,1-3H3/t18-/m1/s1. The number of rotatable bonds is 6. The van der Waals surface area contributed by atoms with Crippen molar-refractivity contribution in [1.29, 1.82) is 0 Å². The predicted molar refractivity (Wildman–Crippen MR) is 99.6 cm³/mol. The highest BCUT2D eigenvalue weighted by Crippen LogP contribution is 2.18. The first kappa shape index (κ1) is 18.6. The Bertz CT molecular complexity index is 742. The van der Waals surface area contributed by atoms with E-state index in [1.807, 2.05) is 41.9 Å². The van der Waals surface area contributed by atoms with E-state index in [-0.39, 0.29) is 12.0 Å². The maximum Gasteiger partial charge on any atom is 0.222 e. The van der Waals surface area contributed by atoms with Crippen molar-refractivity contribution in [3.63, 3.8) is 0 Å². The Balaban J connectivity index is 1.49. The molecule has 1 amide bonds. The smallest absolute Gasteiger partial charge is 0.222 e. The molecule has 1 aliphatic heterocycles. The number of amides is 1. The number of hydrogen-bond acceptors (Lipinski definition) is 4. The van der Waals surface area contributed by atoms with Crippen molar-refractivity contribution in [2.75, 3.05) is 13.1 Å². The van der Waals surface area contributed by atoms with E-state index in [0.29, 0.717) is 19.6 Å². The summed E-state index contributed by atoms with van der Waals surface area (Å²) in [4.78, 5) is 18.7. The number of aryl methyl sites for hydroxylation is 2. The van der Waals surface area contributed by atoms with E-state index in [1.54, 1.807) is 6.20 Å². The number of carbonyl (C=O) groups excluding carboxylic acids is 1. The molecular formula is C20H28N4O2. The molecule has 0 spiro atoms. The first-order valence-corrected chi connectivity index (χ1v) is 9.32. The van der Waals surface area contributed by atoms with Crippen molar-refractivity contribution in [3.8, 4) is 0 Å². The molecule has 0 N–H and O–H groups in total. The Kier molecular flexibility index (Phi) is 6.04. The van der Waals surface area contributed by atoms with Gasteiger partial charge in [0, 0.05) is 44.6 Å². The second-order valence-electron chi connectivity index (χ2n) is 7.05. The van der Waals surface area contributed by atoms with Crippen LogP contribution in [0.2, 0.25) is 0 Å². The number of ether oxygens (including phenoxy) is 1. The van der Waals surface area contributed by atoms with Crippen LogP contribution < -0.4 is 0 Å². The molecule has 0 aliphatic carbocycles. The molecule has 2 aromatic rings. The molecule has 26 heavy (non-hydrogen) atoms. The maximum absolute atomic E-state index is 12.7. The van der Waals surface area contributed by atoms with E-state index in [2.05, 4.69) is 17.0 Å². The minimum atomic E-state index is 0.106. The van der Waals surface area contributed by atoms with Crippen molar-refractivity contribution in [1.82, 2.24) is 19.7 Å². The van der Waals surface area contributed by atoms with Crippen LogP contribution in [-0.2, 0) is 29.6 Å². The Morgan fingerprint density at radius 2 is 2.23 bits per heavy atom. The fourth-order valence-corrected chi connectivity index (χ4v) is 3.57. The average molecular weight is 356 g/mol. The Labute approximate surface area is 155 Å². The van der Waals surface area contributed by atoms with Crippen LogP contribution in [0.5, 0.6) is 0 Å². The van der Waals surface area contributed by atoms with Crippen LogP contribution in [0.1, 0.15) is 41.8 Å². The molecule has 3 heterocycles. The van der Waals surface area contributed by atoms with Gasteiger partial charge in [0.2, 0.25) is 5.91 Å². The number of carbonyl (C=O) groups is 1. The Hall–Kier alpha value is -2.21. The van der Waals surface area contributed by atoms with Gasteiger partial charge in [-0.1, -0.05) is 6.07 Å². The summed E-state index contributed by atoms with van der Waals surface area (Å²) in [6.45, 7) is 6.13. The lowest BCUT2D eigenvalue weighted by molar-refractivity contribution is -0.135. The minimum absolute atomic E-state index is 0.106. The predicted octanol–water partition coefficient (Wildman–Crippen LogP) is 2.57. The van der Waals surface area contributed by atoms with Gasteiger partial charge in [0.1, 0.15) is 0 Å². The molecule has 140 valence electrons. The summed E-state index contributed by atoms with van der Waals surface area (Å²) in [5.74, 6) is 0.210. The van der Waals surface area contributed by atoms with Gasteiger partial charge in [-0.25, -0.2) is 0 Å². The van der Waals surface area contributed by atoms with E-state index in [9.17, 15) is 4.79 Å². The van der Waals surface area contributed by atoms with Gasteiger partial charge in [0.05, 0.1) is 18.4 Å². The monoisotopic (exact) mass is 356 g/mol. The van der Waals surface area contributed by atoms with Gasteiger partial charge in [0.15, 0.2) is 0 Å². The van der Waals surface area contributed by atoms with Gasteiger partial charge in [-0.2, -0.15) is 5.10 Å². The number of piperidine rings is 1. The Morgan fingerprint density at radius 1 is 1.38 bits per heavy atom. The number of pyridine rings is 1. The lowest BCUT2D eigenvalue weighted by Crippen LogP contribution is -2.43. The van der Waals surface area contributed by atoms with Crippen LogP contribution in [0.4, 0.5) is 0 Å². The van der Waals surface area contributed by atoms with E-state index in [4.69, 9.17) is 4.74 Å². The molecule has 0 radical (unpaired) electrons. The fraction of sp³-hybridized carbons (Fsp3) is 0.550. The summed E-state index contributed by atoms with van der Waals surface area (Å²) in [5, 5.41) is 4.43. The summed E-state index contributed by atoms with van der Waals surface area (Å²) < 4.78 is 7.89. The molecule has 0 bridgehead atoms. The zero-order valence-corrected chi connectivity index (χ0v) is 15.9. The lowest BCUT2D eigenvalue weighted by Gasteiger charge is -2.32. The summed E-state index contributed by atoms with van der Waals surface area (Å²) >= 11 is 0. The van der Waals surface area contributed by atoms with Gasteiger partial charge in [-0.3, -0.25) is 14.5 Å². The SMILES string of the molecule is Cc1nn(C)c(C)c1CCC(=O)N1CCC[C@@H](OCc2cccnc2)C1. The zero-order chi connectivity index (χ0) is 18.5. The van der Waals surface area contributed by atoms with Gasteiger partial charge >= 0.3 is 0 Å². The summed E-state index contributed by atoms with van der Waals surface area (Å²) in [6, 6.07) is 3.93. The molecule has 0 saturated carbocycles. The molecule has 1 atom stereocenters. The first-order chi connectivity index (χ1) is 12.5. The molecule has 6 nitrogen and oxygen atoms in total. The van der Waals surface area contributed by atoms with Crippen LogP contribution in [0, 0.1) is 13.8 Å². The number of nitrogens with zero attached hydrogens (tertiary/aromatic N) is 4. The molecule has 0 aromatic carbocycles. The summed E-state index contributed by atoms with van der Waals surface area (Å²) in [7, 11) is 1.95. The van der Waals surface area contributed by atoms with Gasteiger partial charge in [0.25, 0.3) is 0 Å². The number of aromatic nitrogens is 3. The summed E-state index contributed by atoms with van der Waals surface area (Å²) in [5.41, 5.74) is 4.43. The highest BCUT2D eigenvalue weighted by molar-refractivity contribution is 5.76. The van der Waals surface area contributed by atoms with Crippen molar-refractivity contribution in [2.24, 2.45) is 7.05 Å². The highest BCUT2D eigenvalue weighted by Gasteiger charge is 2.24. The molecule has 3 rings (SSSR count). The maximum atomic E-state index is 12.7. The van der Waals surface area contributed by atoms with E-state index in [1.165, 1.54) is 5.56 Å². The van der Waals surface area contributed by atoms with E-state index in [0.717, 1.165) is 42.8 Å². The second-order valence-corrected chi connectivity index (χ2v) is 7.05. The van der Waals surface area contributed by atoms with E-state index < -0.39 is 0 Å². The van der Waals surface area contributed by atoms with Crippen LogP contribution in [0.25, 0.3) is 0 Å². The van der Waals surface area contributed by atoms with Crippen LogP contribution in [0.15, 0.2) is 24.5 Å². The van der Waals surface area contributed by atoms with Crippen molar-refractivity contribution >= 4 is 5.91 Å². The summed E-state index contributed by atoms with van der Waals surface area (Å²) in [6.07, 6.45) is 6.97. The molecule has 2 aromatic heterocycles. The Morgan fingerprint density at radius 3 is 2.92 bits per heavy atom. The molecular weight excluding hydrogens is 328 g/mol. The fourth-order valence-electron chi connectivity index (χ4n) is 3.57. The van der Waals surface area contributed by atoms with Crippen molar-refractivity contribution in [3.05, 3.63) is 47.0 Å². The topological polar surface area (TPSA) is 60.2 Å². The number of hydrogen-bond donors (Lipinski definition) is 0. The third-order valence-electron chi connectivity index (χ3n) is 5.19. The quantitative estimate of drug-likeness (QED) is 0.798. The van der Waals surface area contributed by atoms with Gasteiger partial charge in [-0.05, 0) is 50.3 Å². The largest absolute Gasteiger partial charge is 0.372 e. The van der Waals surface area contributed by atoms with Crippen LogP contribution in [0.3, 0.4) is 0 Å². The second kappa shape index (κ2) is 8.45. The van der Waals surface area contributed by atoms with Crippen LogP contribution >= 0.6 is 0 Å². The van der Waals surface area contributed by atoms with Gasteiger partial charge in [-0.15, -0.1) is 0 Å². The normalized spacial score (nSPS) is 17.5. The molecule has 1 fully saturated rings. The molecule has 1 saturated heterocycles.